The lowest BCUT2D eigenvalue weighted by Gasteiger charge is -2.15. The Morgan fingerprint density at radius 1 is 1.30 bits per heavy atom. The summed E-state index contributed by atoms with van der Waals surface area (Å²) in [5.41, 5.74) is 3.26. The number of carbonyl (C=O) groups is 2. The summed E-state index contributed by atoms with van der Waals surface area (Å²) in [6.45, 7) is 4.00. The fourth-order valence-electron chi connectivity index (χ4n) is 2.75. The van der Waals surface area contributed by atoms with Crippen molar-refractivity contribution in [3.63, 3.8) is 0 Å². The second kappa shape index (κ2) is 8.64. The predicted molar refractivity (Wildman–Crippen MR) is 107 cm³/mol. The Kier molecular flexibility index (Phi) is 6.03. The Labute approximate surface area is 162 Å². The average molecular weight is 382 g/mol. The van der Waals surface area contributed by atoms with Crippen LogP contribution in [0.15, 0.2) is 53.5 Å². The summed E-state index contributed by atoms with van der Waals surface area (Å²) in [7, 11) is 0. The van der Waals surface area contributed by atoms with E-state index in [4.69, 9.17) is 0 Å². The van der Waals surface area contributed by atoms with Gasteiger partial charge in [-0.2, -0.15) is 16.4 Å². The summed E-state index contributed by atoms with van der Waals surface area (Å²) < 4.78 is 1.55. The van der Waals surface area contributed by atoms with Crippen LogP contribution in [0.3, 0.4) is 0 Å². The molecule has 0 fully saturated rings. The summed E-state index contributed by atoms with van der Waals surface area (Å²) >= 11 is 1.65. The van der Waals surface area contributed by atoms with Gasteiger partial charge in [0.2, 0.25) is 5.91 Å². The van der Waals surface area contributed by atoms with E-state index in [9.17, 15) is 9.59 Å². The van der Waals surface area contributed by atoms with Crippen LogP contribution in [0.25, 0.3) is 0 Å². The molecule has 3 rings (SSSR count). The molecule has 0 aliphatic rings. The summed E-state index contributed by atoms with van der Waals surface area (Å²) in [6, 6.07) is 9.16. The van der Waals surface area contributed by atoms with Crippen molar-refractivity contribution in [3.05, 3.63) is 70.2 Å². The number of nitrogens with one attached hydrogen (secondary N) is 2. The molecule has 0 bridgehead atoms. The van der Waals surface area contributed by atoms with Crippen LogP contribution in [-0.4, -0.2) is 27.6 Å². The normalized spacial score (nSPS) is 11.8. The van der Waals surface area contributed by atoms with E-state index >= 15 is 0 Å². The van der Waals surface area contributed by atoms with E-state index < -0.39 is 0 Å². The van der Waals surface area contributed by atoms with Crippen molar-refractivity contribution in [2.75, 3.05) is 5.32 Å². The van der Waals surface area contributed by atoms with E-state index in [0.717, 1.165) is 12.0 Å². The standard InChI is InChI=1S/C20H22N4O2S/c1-14-4-5-17(20(26)22-15(2)10-16-6-9-27-13-16)11-18(14)23-19(25)12-24-8-3-7-21-24/h3-9,11,13,15H,10,12H2,1-2H3,(H,22,26)(H,23,25). The first-order valence-corrected chi connectivity index (χ1v) is 9.65. The zero-order valence-corrected chi connectivity index (χ0v) is 16.1. The van der Waals surface area contributed by atoms with Crippen molar-refractivity contribution >= 4 is 28.8 Å². The van der Waals surface area contributed by atoms with E-state index in [1.165, 1.54) is 5.56 Å². The van der Waals surface area contributed by atoms with Gasteiger partial charge in [0, 0.05) is 29.7 Å². The minimum atomic E-state index is -0.190. The number of aromatic nitrogens is 2. The fraction of sp³-hybridized carbons (Fsp3) is 0.250. The zero-order chi connectivity index (χ0) is 19.2. The van der Waals surface area contributed by atoms with Gasteiger partial charge in [-0.1, -0.05) is 6.07 Å². The van der Waals surface area contributed by atoms with Gasteiger partial charge in [-0.3, -0.25) is 14.3 Å². The fourth-order valence-corrected chi connectivity index (χ4v) is 3.43. The molecule has 0 spiro atoms. The summed E-state index contributed by atoms with van der Waals surface area (Å²) in [5.74, 6) is -0.342. The number of hydrogen-bond donors (Lipinski definition) is 2. The quantitative estimate of drug-likeness (QED) is 0.659. The molecule has 1 unspecified atom stereocenters. The van der Waals surface area contributed by atoms with Gasteiger partial charge < -0.3 is 10.6 Å². The highest BCUT2D eigenvalue weighted by atomic mass is 32.1. The monoisotopic (exact) mass is 382 g/mol. The lowest BCUT2D eigenvalue weighted by molar-refractivity contribution is -0.116. The molecule has 1 atom stereocenters. The molecule has 0 aliphatic carbocycles. The maximum atomic E-state index is 12.6. The maximum absolute atomic E-state index is 12.6. The van der Waals surface area contributed by atoms with Crippen LogP contribution in [0, 0.1) is 6.92 Å². The van der Waals surface area contributed by atoms with Crippen molar-refractivity contribution < 1.29 is 9.59 Å². The lowest BCUT2D eigenvalue weighted by Crippen LogP contribution is -2.34. The van der Waals surface area contributed by atoms with Gasteiger partial charge in [-0.25, -0.2) is 0 Å². The van der Waals surface area contributed by atoms with Crippen LogP contribution >= 0.6 is 11.3 Å². The van der Waals surface area contributed by atoms with Crippen molar-refractivity contribution in [1.82, 2.24) is 15.1 Å². The molecule has 2 N–H and O–H groups in total. The Bertz CT molecular complexity index is 904. The molecule has 7 heteroatoms. The molecule has 3 aromatic rings. The lowest BCUT2D eigenvalue weighted by atomic mass is 10.1. The van der Waals surface area contributed by atoms with Crippen LogP contribution in [0.2, 0.25) is 0 Å². The smallest absolute Gasteiger partial charge is 0.251 e. The molecule has 140 valence electrons. The zero-order valence-electron chi connectivity index (χ0n) is 15.3. The first-order chi connectivity index (χ1) is 13.0. The van der Waals surface area contributed by atoms with Gasteiger partial charge in [-0.15, -0.1) is 0 Å². The average Bonchev–Trinajstić information content (AvgIpc) is 3.30. The van der Waals surface area contributed by atoms with Gasteiger partial charge in [0.15, 0.2) is 0 Å². The number of anilines is 1. The van der Waals surface area contributed by atoms with Crippen LogP contribution in [-0.2, 0) is 17.8 Å². The highest BCUT2D eigenvalue weighted by Crippen LogP contribution is 2.17. The van der Waals surface area contributed by atoms with Crippen LogP contribution < -0.4 is 10.6 Å². The number of carbonyl (C=O) groups excluding carboxylic acids is 2. The Balaban J connectivity index is 1.63. The third-order valence-corrected chi connectivity index (χ3v) is 4.87. The predicted octanol–water partition coefficient (Wildman–Crippen LogP) is 3.25. The Morgan fingerprint density at radius 3 is 2.85 bits per heavy atom. The minimum absolute atomic E-state index is 0.0197. The summed E-state index contributed by atoms with van der Waals surface area (Å²) in [6.07, 6.45) is 4.14. The van der Waals surface area contributed by atoms with E-state index in [0.29, 0.717) is 11.3 Å². The Morgan fingerprint density at radius 2 is 2.15 bits per heavy atom. The highest BCUT2D eigenvalue weighted by Gasteiger charge is 2.13. The molecule has 1 aromatic carbocycles. The van der Waals surface area contributed by atoms with Crippen LogP contribution in [0.1, 0.15) is 28.4 Å². The summed E-state index contributed by atoms with van der Waals surface area (Å²) in [5, 5.41) is 14.0. The van der Waals surface area contributed by atoms with Crippen molar-refractivity contribution in [3.8, 4) is 0 Å². The van der Waals surface area contributed by atoms with E-state index in [1.807, 2.05) is 25.3 Å². The highest BCUT2D eigenvalue weighted by molar-refractivity contribution is 7.07. The van der Waals surface area contributed by atoms with Crippen LogP contribution in [0.5, 0.6) is 0 Å². The number of aryl methyl sites for hydroxylation is 1. The van der Waals surface area contributed by atoms with Crippen LogP contribution in [0.4, 0.5) is 5.69 Å². The van der Waals surface area contributed by atoms with Gasteiger partial charge in [0.25, 0.3) is 5.91 Å². The number of amides is 2. The van der Waals surface area contributed by atoms with Gasteiger partial charge >= 0.3 is 0 Å². The van der Waals surface area contributed by atoms with Crippen molar-refractivity contribution in [2.45, 2.75) is 32.9 Å². The van der Waals surface area contributed by atoms with E-state index in [2.05, 4.69) is 27.2 Å². The van der Waals surface area contributed by atoms with Gasteiger partial charge in [0.1, 0.15) is 6.54 Å². The number of nitrogens with zero attached hydrogens (tertiary/aromatic N) is 2. The largest absolute Gasteiger partial charge is 0.349 e. The van der Waals surface area contributed by atoms with Crippen molar-refractivity contribution in [1.29, 1.82) is 0 Å². The van der Waals surface area contributed by atoms with E-state index in [-0.39, 0.29) is 24.4 Å². The number of thiophene rings is 1. The number of rotatable bonds is 7. The molecule has 0 radical (unpaired) electrons. The van der Waals surface area contributed by atoms with E-state index in [1.54, 1.807) is 46.6 Å². The molecule has 2 aromatic heterocycles. The SMILES string of the molecule is Cc1ccc(C(=O)NC(C)Cc2ccsc2)cc1NC(=O)Cn1cccn1. The third-order valence-electron chi connectivity index (χ3n) is 4.14. The molecular formula is C20H22N4O2S. The first-order valence-electron chi connectivity index (χ1n) is 8.71. The summed E-state index contributed by atoms with van der Waals surface area (Å²) in [4.78, 5) is 24.8. The maximum Gasteiger partial charge on any atom is 0.251 e. The number of benzene rings is 1. The minimum Gasteiger partial charge on any atom is -0.349 e. The topological polar surface area (TPSA) is 76.0 Å². The second-order valence-electron chi connectivity index (χ2n) is 6.49. The molecule has 2 amide bonds. The van der Waals surface area contributed by atoms with Crippen molar-refractivity contribution in [2.24, 2.45) is 0 Å². The first kappa shape index (κ1) is 18.8. The van der Waals surface area contributed by atoms with Gasteiger partial charge in [0.05, 0.1) is 0 Å². The molecule has 0 saturated heterocycles. The third kappa shape index (κ3) is 5.27. The van der Waals surface area contributed by atoms with Gasteiger partial charge in [-0.05, 0) is 66.4 Å². The molecule has 0 saturated carbocycles. The molecule has 27 heavy (non-hydrogen) atoms. The molecule has 6 nitrogen and oxygen atoms in total. The Hall–Kier alpha value is -2.93. The molecular weight excluding hydrogens is 360 g/mol. The molecule has 0 aliphatic heterocycles. The number of hydrogen-bond acceptors (Lipinski definition) is 4. The molecule has 2 heterocycles. The second-order valence-corrected chi connectivity index (χ2v) is 7.27.